The molecule has 0 amide bonds. The first-order valence-electron chi connectivity index (χ1n) is 14.0. The van der Waals surface area contributed by atoms with Gasteiger partial charge in [0, 0.05) is 21.8 Å². The highest BCUT2D eigenvalue weighted by molar-refractivity contribution is 5.95. The molecule has 6 nitrogen and oxygen atoms in total. The van der Waals surface area contributed by atoms with Crippen LogP contribution < -0.4 is 0 Å². The predicted octanol–water partition coefficient (Wildman–Crippen LogP) is 7.73. The van der Waals surface area contributed by atoms with Gasteiger partial charge >= 0.3 is 0 Å². The van der Waals surface area contributed by atoms with Gasteiger partial charge in [0.15, 0.2) is 5.78 Å². The summed E-state index contributed by atoms with van der Waals surface area (Å²) in [5.41, 5.74) is 11.4. The number of rotatable bonds is 1. The molecule has 0 saturated heterocycles. The molecular weight excluding hydrogens is 448 g/mol. The number of carbonyl (C=O) groups is 1. The molecule has 3 fully saturated rings. The Hall–Kier alpha value is -2.07. The second-order valence-electron chi connectivity index (χ2n) is 15.0. The number of hydrogen-bond donors (Lipinski definition) is 0. The van der Waals surface area contributed by atoms with Gasteiger partial charge in [0.25, 0.3) is 0 Å². The molecule has 0 spiro atoms. The molecular formula is C30H42N4O2. The van der Waals surface area contributed by atoms with Crippen LogP contribution in [0.15, 0.2) is 27.5 Å². The molecule has 1 aromatic heterocycles. The fourth-order valence-corrected chi connectivity index (χ4v) is 10.5. The zero-order chi connectivity index (χ0) is 25.9. The Kier molecular flexibility index (Phi) is 4.77. The van der Waals surface area contributed by atoms with E-state index in [-0.39, 0.29) is 44.7 Å². The minimum atomic E-state index is -0.420. The second-order valence-corrected chi connectivity index (χ2v) is 15.0. The van der Waals surface area contributed by atoms with E-state index in [0.29, 0.717) is 5.92 Å². The monoisotopic (exact) mass is 490 g/mol. The second kappa shape index (κ2) is 7.07. The number of hydrogen-bond acceptors (Lipinski definition) is 4. The number of allylic oxidation sites excluding steroid dienone is 2. The van der Waals surface area contributed by atoms with Gasteiger partial charge in [-0.15, -0.1) is 0 Å². The quantitative estimate of drug-likeness (QED) is 0.229. The van der Waals surface area contributed by atoms with Crippen molar-refractivity contribution in [2.24, 2.45) is 44.5 Å². The van der Waals surface area contributed by atoms with E-state index >= 15 is 0 Å². The summed E-state index contributed by atoms with van der Waals surface area (Å²) in [5.74, 6) is 1.73. The first-order valence-corrected chi connectivity index (χ1v) is 14.0. The minimum absolute atomic E-state index is 0.0638. The minimum Gasteiger partial charge on any atom is -0.361 e. The molecule has 7 atom stereocenters. The predicted molar refractivity (Wildman–Crippen MR) is 139 cm³/mol. The number of nitrogens with zero attached hydrogens (tertiary/aromatic N) is 4. The van der Waals surface area contributed by atoms with Crippen molar-refractivity contribution in [3.05, 3.63) is 39.6 Å². The van der Waals surface area contributed by atoms with Crippen molar-refractivity contribution in [1.82, 2.24) is 5.16 Å². The molecule has 1 aromatic rings. The van der Waals surface area contributed by atoms with Crippen LogP contribution in [0.4, 0.5) is 0 Å². The van der Waals surface area contributed by atoms with E-state index in [9.17, 15) is 10.3 Å². The summed E-state index contributed by atoms with van der Waals surface area (Å²) in [7, 11) is 0. The lowest BCUT2D eigenvalue weighted by atomic mass is 9.35. The van der Waals surface area contributed by atoms with Gasteiger partial charge in [0.1, 0.15) is 5.76 Å². The number of ketones is 1. The molecule has 0 N–H and O–H groups in total. The van der Waals surface area contributed by atoms with Crippen molar-refractivity contribution in [1.29, 1.82) is 0 Å². The number of fused-ring (bicyclic) bond motifs is 8. The van der Waals surface area contributed by atoms with Crippen LogP contribution in [0.5, 0.6) is 0 Å². The molecule has 0 bridgehead atoms. The molecule has 6 rings (SSSR count). The summed E-state index contributed by atoms with van der Waals surface area (Å²) in [6, 6.07) is 0. The first-order chi connectivity index (χ1) is 16.7. The summed E-state index contributed by atoms with van der Waals surface area (Å²) >= 11 is 0. The lowest BCUT2D eigenvalue weighted by Gasteiger charge is -2.69. The fourth-order valence-electron chi connectivity index (χ4n) is 10.5. The molecule has 194 valence electrons. The third-order valence-electron chi connectivity index (χ3n) is 12.5. The van der Waals surface area contributed by atoms with Crippen LogP contribution in [0.3, 0.4) is 0 Å². The van der Waals surface area contributed by atoms with Crippen LogP contribution in [0, 0.1) is 39.4 Å². The van der Waals surface area contributed by atoms with Crippen molar-refractivity contribution >= 4 is 5.78 Å². The van der Waals surface area contributed by atoms with Gasteiger partial charge in [-0.25, -0.2) is 0 Å². The molecule has 1 heterocycles. The van der Waals surface area contributed by atoms with Gasteiger partial charge in [-0.1, -0.05) is 64.3 Å². The standard InChI is InChI=1S/C30H42N4O2/c1-25(2)10-12-30(33-34-31)13-11-29(7)23(19(30)16-25)20(35)14-22-27(5)15-18-17-32-36-24(18)26(3,4)21(27)8-9-28(22,29)6/h14,17,19,21,23H,8-13,15-16H2,1-7H3/t19-,21-,23-,27-,28+,29+,30-/m0/s1. The SMILES string of the molecule is CC1(C)CC[C@]2(N=[N+]=[N-])CC[C@]3(C)[C@H](C(=O)C=C4[C@@]5(C)Cc6cnoc6C(C)(C)[C@@H]5CC[C@]43C)[C@@H]2C1. The lowest BCUT2D eigenvalue weighted by Crippen LogP contribution is -2.66. The molecule has 5 aliphatic carbocycles. The van der Waals surface area contributed by atoms with Crippen molar-refractivity contribution < 1.29 is 9.32 Å². The smallest absolute Gasteiger partial charge is 0.159 e. The van der Waals surface area contributed by atoms with Gasteiger partial charge in [-0.05, 0) is 96.5 Å². The maximum Gasteiger partial charge on any atom is 0.159 e. The van der Waals surface area contributed by atoms with E-state index in [2.05, 4.69) is 69.7 Å². The van der Waals surface area contributed by atoms with E-state index in [4.69, 9.17) is 4.52 Å². The van der Waals surface area contributed by atoms with E-state index < -0.39 is 5.54 Å². The molecule has 5 aliphatic rings. The average Bonchev–Trinajstić information content (AvgIpc) is 3.25. The van der Waals surface area contributed by atoms with E-state index in [1.54, 1.807) is 0 Å². The number of carbonyl (C=O) groups excluding carboxylic acids is 1. The van der Waals surface area contributed by atoms with Crippen molar-refractivity contribution in [2.45, 2.75) is 111 Å². The van der Waals surface area contributed by atoms with Gasteiger partial charge in [0.05, 0.1) is 11.7 Å². The van der Waals surface area contributed by atoms with E-state index in [1.165, 1.54) is 11.1 Å². The summed E-state index contributed by atoms with van der Waals surface area (Å²) in [6.07, 6.45) is 11.8. The van der Waals surface area contributed by atoms with Crippen LogP contribution in [0.1, 0.15) is 105 Å². The fraction of sp³-hybridized carbons (Fsp3) is 0.800. The normalized spacial score (nSPS) is 46.1. The molecule has 36 heavy (non-hydrogen) atoms. The number of aromatic nitrogens is 1. The molecule has 3 saturated carbocycles. The van der Waals surface area contributed by atoms with E-state index in [1.807, 2.05) is 6.20 Å². The van der Waals surface area contributed by atoms with Crippen LogP contribution in [0.2, 0.25) is 0 Å². The highest BCUT2D eigenvalue weighted by atomic mass is 16.5. The highest BCUT2D eigenvalue weighted by Crippen LogP contribution is 2.74. The summed E-state index contributed by atoms with van der Waals surface area (Å²) < 4.78 is 5.79. The van der Waals surface area contributed by atoms with Gasteiger partial charge in [-0.3, -0.25) is 4.79 Å². The molecule has 0 aromatic carbocycles. The Morgan fingerprint density at radius 3 is 2.50 bits per heavy atom. The Morgan fingerprint density at radius 1 is 1.06 bits per heavy atom. The van der Waals surface area contributed by atoms with Crippen LogP contribution in [-0.2, 0) is 16.6 Å². The molecule has 0 radical (unpaired) electrons. The number of azide groups is 1. The summed E-state index contributed by atoms with van der Waals surface area (Å²) in [4.78, 5) is 17.7. The molecule has 0 aliphatic heterocycles. The van der Waals surface area contributed by atoms with Crippen molar-refractivity contribution in [3.63, 3.8) is 0 Å². The topological polar surface area (TPSA) is 91.9 Å². The summed E-state index contributed by atoms with van der Waals surface area (Å²) in [6.45, 7) is 16.5. The Morgan fingerprint density at radius 2 is 1.78 bits per heavy atom. The third kappa shape index (κ3) is 2.77. The zero-order valence-corrected chi connectivity index (χ0v) is 23.1. The lowest BCUT2D eigenvalue weighted by molar-refractivity contribution is -0.158. The summed E-state index contributed by atoms with van der Waals surface area (Å²) in [5, 5.41) is 8.68. The van der Waals surface area contributed by atoms with Gasteiger partial charge < -0.3 is 4.52 Å². The largest absolute Gasteiger partial charge is 0.361 e. The molecule has 6 heteroatoms. The van der Waals surface area contributed by atoms with Crippen molar-refractivity contribution in [3.8, 4) is 0 Å². The van der Waals surface area contributed by atoms with Gasteiger partial charge in [0.2, 0.25) is 0 Å². The van der Waals surface area contributed by atoms with E-state index in [0.717, 1.165) is 57.1 Å². The first kappa shape index (κ1) is 24.3. The van der Waals surface area contributed by atoms with Crippen molar-refractivity contribution in [2.75, 3.05) is 0 Å². The van der Waals surface area contributed by atoms with Crippen LogP contribution in [-0.4, -0.2) is 16.5 Å². The van der Waals surface area contributed by atoms with Gasteiger partial charge in [-0.2, -0.15) is 0 Å². The average molecular weight is 491 g/mol. The van der Waals surface area contributed by atoms with Crippen LogP contribution >= 0.6 is 0 Å². The zero-order valence-electron chi connectivity index (χ0n) is 23.1. The maximum atomic E-state index is 14.4. The Bertz CT molecular complexity index is 1220. The van der Waals surface area contributed by atoms with Crippen LogP contribution in [0.25, 0.3) is 10.4 Å². The third-order valence-corrected chi connectivity index (χ3v) is 12.5. The maximum absolute atomic E-state index is 14.4. The highest BCUT2D eigenvalue weighted by Gasteiger charge is 2.69. The Balaban J connectivity index is 1.51. The molecule has 0 unspecified atom stereocenters. The Labute approximate surface area is 215 Å².